The molecule has 0 spiro atoms. The van der Waals surface area contributed by atoms with Crippen LogP contribution in [-0.4, -0.2) is 29.2 Å². The number of esters is 1. The Kier molecular flexibility index (Phi) is 7.32. The Bertz CT molecular complexity index is 883. The van der Waals surface area contributed by atoms with Crippen molar-refractivity contribution in [1.29, 1.82) is 0 Å². The van der Waals surface area contributed by atoms with Gasteiger partial charge in [-0.25, -0.2) is 0 Å². The van der Waals surface area contributed by atoms with Crippen LogP contribution in [0.5, 0.6) is 11.5 Å². The molecular formula is C20H18F5IO5. The molecule has 31 heavy (non-hydrogen) atoms. The SMILES string of the molecule is CCOC(=O)[C@@H]1[C@@H](I)[C@H]1OC1=CC(Oc2ccc(C(F)(F)F)cc2OC(F)F)=CCC1. The molecule has 2 aliphatic carbocycles. The third-order valence-corrected chi connectivity index (χ3v) is 5.95. The second kappa shape index (κ2) is 9.61. The van der Waals surface area contributed by atoms with Crippen molar-refractivity contribution in [2.45, 2.75) is 42.6 Å². The Balaban J connectivity index is 1.72. The first-order valence-corrected chi connectivity index (χ1v) is 10.6. The van der Waals surface area contributed by atoms with Crippen LogP contribution in [0.1, 0.15) is 25.3 Å². The molecule has 3 rings (SSSR count). The van der Waals surface area contributed by atoms with E-state index in [-0.39, 0.29) is 40.0 Å². The lowest BCUT2D eigenvalue weighted by Gasteiger charge is -2.18. The van der Waals surface area contributed by atoms with Gasteiger partial charge < -0.3 is 18.9 Å². The molecule has 0 heterocycles. The standard InChI is InChI=1S/C20H18F5IO5/c1-2-28-18(27)15-16(26)17(15)30-12-5-3-4-11(9-12)29-13-7-6-10(20(23,24)25)8-14(13)31-19(21)22/h4,6-9,15-17,19H,2-3,5H2,1H3/t15-,16-,17+/m1/s1. The normalized spacial score (nSPS) is 23.0. The summed E-state index contributed by atoms with van der Waals surface area (Å²) in [6.45, 7) is -1.34. The van der Waals surface area contributed by atoms with Crippen molar-refractivity contribution in [3.05, 3.63) is 47.4 Å². The van der Waals surface area contributed by atoms with E-state index in [0.717, 1.165) is 6.07 Å². The second-order valence-corrected chi connectivity index (χ2v) is 8.14. The van der Waals surface area contributed by atoms with E-state index in [4.69, 9.17) is 14.2 Å². The van der Waals surface area contributed by atoms with Crippen LogP contribution in [0.25, 0.3) is 0 Å². The Morgan fingerprint density at radius 3 is 2.65 bits per heavy atom. The molecule has 0 amide bonds. The third kappa shape index (κ3) is 6.01. The van der Waals surface area contributed by atoms with Gasteiger partial charge in [0, 0.05) is 12.5 Å². The van der Waals surface area contributed by atoms with Gasteiger partial charge in [0.2, 0.25) is 0 Å². The summed E-state index contributed by atoms with van der Waals surface area (Å²) < 4.78 is 84.5. The lowest BCUT2D eigenvalue weighted by Crippen LogP contribution is -2.12. The van der Waals surface area contributed by atoms with Crippen LogP contribution in [0.3, 0.4) is 0 Å². The molecule has 0 unspecified atom stereocenters. The quantitative estimate of drug-likeness (QED) is 0.179. The molecule has 1 fully saturated rings. The number of halogens is 6. The van der Waals surface area contributed by atoms with Gasteiger partial charge in [0.25, 0.3) is 0 Å². The number of rotatable bonds is 8. The smallest absolute Gasteiger partial charge is 0.416 e. The summed E-state index contributed by atoms with van der Waals surface area (Å²) in [5.41, 5.74) is -1.14. The van der Waals surface area contributed by atoms with Crippen molar-refractivity contribution in [3.63, 3.8) is 0 Å². The zero-order valence-electron chi connectivity index (χ0n) is 16.1. The monoisotopic (exact) mass is 560 g/mol. The molecule has 2 aliphatic rings. The van der Waals surface area contributed by atoms with E-state index in [0.29, 0.717) is 30.7 Å². The van der Waals surface area contributed by atoms with Crippen LogP contribution in [0.15, 0.2) is 41.9 Å². The van der Waals surface area contributed by atoms with E-state index < -0.39 is 24.1 Å². The summed E-state index contributed by atoms with van der Waals surface area (Å²) in [6, 6.07) is 2.09. The number of alkyl halides is 6. The molecule has 1 saturated carbocycles. The topological polar surface area (TPSA) is 54.0 Å². The molecule has 5 nitrogen and oxygen atoms in total. The van der Waals surface area contributed by atoms with Gasteiger partial charge >= 0.3 is 18.8 Å². The minimum absolute atomic E-state index is 0.0474. The first kappa shape index (κ1) is 23.6. The van der Waals surface area contributed by atoms with E-state index in [1.54, 1.807) is 13.0 Å². The lowest BCUT2D eigenvalue weighted by atomic mass is 10.1. The van der Waals surface area contributed by atoms with Crippen molar-refractivity contribution in [2.24, 2.45) is 5.92 Å². The third-order valence-electron chi connectivity index (χ3n) is 4.47. The molecule has 0 saturated heterocycles. The summed E-state index contributed by atoms with van der Waals surface area (Å²) in [5.74, 6) is -1.02. The number of allylic oxidation sites excluding steroid dienone is 3. The van der Waals surface area contributed by atoms with Gasteiger partial charge in [-0.05, 0) is 37.6 Å². The highest BCUT2D eigenvalue weighted by Crippen LogP contribution is 2.45. The van der Waals surface area contributed by atoms with Crippen molar-refractivity contribution < 1.29 is 45.7 Å². The first-order chi connectivity index (χ1) is 14.6. The zero-order chi connectivity index (χ0) is 22.8. The zero-order valence-corrected chi connectivity index (χ0v) is 18.3. The molecular weight excluding hydrogens is 542 g/mol. The van der Waals surface area contributed by atoms with Crippen molar-refractivity contribution in [3.8, 4) is 11.5 Å². The van der Waals surface area contributed by atoms with Crippen molar-refractivity contribution in [2.75, 3.05) is 6.61 Å². The Morgan fingerprint density at radius 1 is 1.26 bits per heavy atom. The summed E-state index contributed by atoms with van der Waals surface area (Å²) in [5, 5.41) is 0. The van der Waals surface area contributed by atoms with Crippen LogP contribution >= 0.6 is 22.6 Å². The molecule has 1 aromatic carbocycles. The minimum Gasteiger partial charge on any atom is -0.493 e. The fraction of sp³-hybridized carbons (Fsp3) is 0.450. The number of carbonyl (C=O) groups excluding carboxylic acids is 1. The van der Waals surface area contributed by atoms with E-state index >= 15 is 0 Å². The maximum atomic E-state index is 12.9. The molecule has 1 aromatic rings. The average Bonchev–Trinajstić information content (AvgIpc) is 3.31. The second-order valence-electron chi connectivity index (χ2n) is 6.70. The Labute approximate surface area is 188 Å². The fourth-order valence-corrected chi connectivity index (χ4v) is 4.02. The predicted octanol–water partition coefficient (Wildman–Crippen LogP) is 5.63. The van der Waals surface area contributed by atoms with Crippen LogP contribution in [0.2, 0.25) is 0 Å². The molecule has 0 bridgehead atoms. The first-order valence-electron chi connectivity index (χ1n) is 9.32. The van der Waals surface area contributed by atoms with Crippen molar-refractivity contribution >= 4 is 28.6 Å². The summed E-state index contributed by atoms with van der Waals surface area (Å²) in [4.78, 5) is 11.9. The highest BCUT2D eigenvalue weighted by molar-refractivity contribution is 14.1. The predicted molar refractivity (Wildman–Crippen MR) is 107 cm³/mol. The highest BCUT2D eigenvalue weighted by Gasteiger charge is 2.57. The lowest BCUT2D eigenvalue weighted by molar-refractivity contribution is -0.145. The highest BCUT2D eigenvalue weighted by atomic mass is 127. The van der Waals surface area contributed by atoms with Crippen LogP contribution in [0, 0.1) is 5.92 Å². The molecule has 11 heteroatoms. The van der Waals surface area contributed by atoms with Crippen LogP contribution < -0.4 is 9.47 Å². The maximum Gasteiger partial charge on any atom is 0.416 e. The van der Waals surface area contributed by atoms with Gasteiger partial charge in [0.05, 0.1) is 16.1 Å². The molecule has 0 N–H and O–H groups in total. The number of hydrogen-bond donors (Lipinski definition) is 0. The van der Waals surface area contributed by atoms with Gasteiger partial charge in [-0.1, -0.05) is 22.6 Å². The molecule has 170 valence electrons. The van der Waals surface area contributed by atoms with Crippen LogP contribution in [-0.2, 0) is 20.4 Å². The van der Waals surface area contributed by atoms with Gasteiger partial charge in [-0.2, -0.15) is 22.0 Å². The Morgan fingerprint density at radius 2 is 2.00 bits per heavy atom. The minimum atomic E-state index is -4.72. The van der Waals surface area contributed by atoms with E-state index in [2.05, 4.69) is 27.3 Å². The fourth-order valence-electron chi connectivity index (χ4n) is 2.96. The largest absolute Gasteiger partial charge is 0.493 e. The van der Waals surface area contributed by atoms with E-state index in [1.165, 1.54) is 6.08 Å². The van der Waals surface area contributed by atoms with Gasteiger partial charge in [0.15, 0.2) is 11.5 Å². The number of carbonyl (C=O) groups is 1. The number of ether oxygens (including phenoxy) is 4. The maximum absolute atomic E-state index is 12.9. The molecule has 3 atom stereocenters. The van der Waals surface area contributed by atoms with Gasteiger partial charge in [-0.3, -0.25) is 4.79 Å². The number of hydrogen-bond acceptors (Lipinski definition) is 5. The summed E-state index contributed by atoms with van der Waals surface area (Å²) >= 11 is 2.10. The molecule has 0 radical (unpaired) electrons. The van der Waals surface area contributed by atoms with Crippen molar-refractivity contribution in [1.82, 2.24) is 0 Å². The average molecular weight is 560 g/mol. The van der Waals surface area contributed by atoms with Gasteiger partial charge in [0.1, 0.15) is 23.5 Å². The van der Waals surface area contributed by atoms with E-state index in [1.807, 2.05) is 0 Å². The molecule has 0 aromatic heterocycles. The summed E-state index contributed by atoms with van der Waals surface area (Å²) in [7, 11) is 0. The van der Waals surface area contributed by atoms with Gasteiger partial charge in [-0.15, -0.1) is 0 Å². The summed E-state index contributed by atoms with van der Waals surface area (Å²) in [6.07, 6.45) is -0.898. The molecule has 0 aliphatic heterocycles. The van der Waals surface area contributed by atoms with Crippen LogP contribution in [0.4, 0.5) is 22.0 Å². The van der Waals surface area contributed by atoms with E-state index in [9.17, 15) is 26.7 Å². The Hall–Kier alpha value is -2.05. The number of benzene rings is 1.